The summed E-state index contributed by atoms with van der Waals surface area (Å²) in [6, 6.07) is 0. The number of hydrogen-bond donors (Lipinski definition) is 1. The van der Waals surface area contributed by atoms with Crippen molar-refractivity contribution in [1.82, 2.24) is 14.6 Å². The first-order chi connectivity index (χ1) is 4.36. The average Bonchev–Trinajstić information content (AvgIpc) is 2.22. The Morgan fingerprint density at radius 3 is 3.33 bits per heavy atom. The number of nitrogen functional groups attached to an aromatic ring is 1. The number of anilines is 1. The smallest absolute Gasteiger partial charge is 0.213 e. The second-order valence-corrected chi connectivity index (χ2v) is 2.44. The number of nitrogens with zero attached hydrogens (tertiary/aromatic N) is 3. The van der Waals surface area contributed by atoms with E-state index in [1.807, 2.05) is 0 Å². The number of imidazole rings is 1. The normalized spacial score (nSPS) is 10.7. The molecule has 2 aromatic rings. The molecule has 5 heteroatoms. The number of fused-ring (bicyclic) bond motifs is 1. The molecule has 2 heterocycles. The zero-order valence-electron chi connectivity index (χ0n) is 4.48. The van der Waals surface area contributed by atoms with Crippen molar-refractivity contribution in [2.75, 3.05) is 5.73 Å². The van der Waals surface area contributed by atoms with Crippen LogP contribution in [-0.4, -0.2) is 14.6 Å². The lowest BCUT2D eigenvalue weighted by Crippen LogP contribution is -1.81. The Kier molecular flexibility index (Phi) is 0.762. The predicted molar refractivity (Wildman–Crippen MR) is 35.3 cm³/mol. The van der Waals surface area contributed by atoms with Gasteiger partial charge in [0.05, 0.1) is 6.20 Å². The maximum Gasteiger partial charge on any atom is 0.213 e. The molecule has 0 aliphatic rings. The minimum Gasteiger partial charge on any atom is -0.382 e. The molecule has 2 rings (SSSR count). The molecule has 0 atom stereocenters. The van der Waals surface area contributed by atoms with Crippen LogP contribution in [0.25, 0.3) is 4.96 Å². The maximum atomic E-state index is 5.37. The van der Waals surface area contributed by atoms with Crippen LogP contribution in [0.1, 0.15) is 0 Å². The Morgan fingerprint density at radius 1 is 1.67 bits per heavy atom. The van der Waals surface area contributed by atoms with Gasteiger partial charge in [0, 0.05) is 0 Å². The van der Waals surface area contributed by atoms with E-state index in [4.69, 9.17) is 5.73 Å². The highest BCUT2D eigenvalue weighted by Crippen LogP contribution is 2.08. The van der Waals surface area contributed by atoms with Crippen molar-refractivity contribution in [3.63, 3.8) is 0 Å². The molecular weight excluding hydrogens is 136 g/mol. The van der Waals surface area contributed by atoms with E-state index in [1.54, 1.807) is 16.2 Å². The average molecular weight is 140 g/mol. The maximum absolute atomic E-state index is 5.37. The zero-order chi connectivity index (χ0) is 6.27. The van der Waals surface area contributed by atoms with Crippen LogP contribution in [0.5, 0.6) is 0 Å². The van der Waals surface area contributed by atoms with Crippen molar-refractivity contribution in [3.8, 4) is 0 Å². The van der Waals surface area contributed by atoms with E-state index in [1.165, 1.54) is 11.3 Å². The Hall–Kier alpha value is -1.10. The summed E-state index contributed by atoms with van der Waals surface area (Å²) < 4.78 is 1.65. The molecule has 9 heavy (non-hydrogen) atoms. The highest BCUT2D eigenvalue weighted by atomic mass is 32.1. The lowest BCUT2D eigenvalue weighted by atomic mass is 10.8. The van der Waals surface area contributed by atoms with Gasteiger partial charge in [-0.15, -0.1) is 0 Å². The summed E-state index contributed by atoms with van der Waals surface area (Å²) in [6.07, 6.45) is 1.69. The van der Waals surface area contributed by atoms with Crippen LogP contribution >= 0.6 is 11.3 Å². The SMILES string of the molecule is Nc1cn2ncsc2n1. The van der Waals surface area contributed by atoms with Gasteiger partial charge in [-0.1, -0.05) is 11.3 Å². The lowest BCUT2D eigenvalue weighted by Gasteiger charge is -1.71. The third-order valence-electron chi connectivity index (χ3n) is 1.00. The fourth-order valence-electron chi connectivity index (χ4n) is 0.656. The van der Waals surface area contributed by atoms with E-state index in [0.29, 0.717) is 5.82 Å². The van der Waals surface area contributed by atoms with Gasteiger partial charge in [-0.3, -0.25) is 0 Å². The van der Waals surface area contributed by atoms with E-state index < -0.39 is 0 Å². The summed E-state index contributed by atoms with van der Waals surface area (Å²) in [5.41, 5.74) is 7.09. The second kappa shape index (κ2) is 1.44. The van der Waals surface area contributed by atoms with E-state index in [-0.39, 0.29) is 0 Å². The topological polar surface area (TPSA) is 56.2 Å². The molecule has 0 saturated carbocycles. The Labute approximate surface area is 54.9 Å². The van der Waals surface area contributed by atoms with E-state index in [9.17, 15) is 0 Å². The molecule has 0 aromatic carbocycles. The molecule has 0 aliphatic carbocycles. The molecule has 0 fully saturated rings. The first kappa shape index (κ1) is 4.75. The van der Waals surface area contributed by atoms with Gasteiger partial charge >= 0.3 is 0 Å². The predicted octanol–water partition coefficient (Wildman–Crippen LogP) is 0.373. The Balaban J connectivity index is 2.92. The van der Waals surface area contributed by atoms with Gasteiger partial charge in [0.15, 0.2) is 0 Å². The summed E-state index contributed by atoms with van der Waals surface area (Å²) in [6.45, 7) is 0. The van der Waals surface area contributed by atoms with Crippen molar-refractivity contribution < 1.29 is 0 Å². The number of rotatable bonds is 0. The van der Waals surface area contributed by atoms with Gasteiger partial charge in [-0.2, -0.15) is 5.10 Å². The van der Waals surface area contributed by atoms with Crippen molar-refractivity contribution in [1.29, 1.82) is 0 Å². The van der Waals surface area contributed by atoms with E-state index in [0.717, 1.165) is 4.96 Å². The standard InChI is InChI=1S/C4H4N4S/c5-3-1-8-4(7-3)9-2-6-8/h1-2H,5H2. The number of nitrogens with two attached hydrogens (primary N) is 1. The molecule has 46 valence electrons. The van der Waals surface area contributed by atoms with Crippen molar-refractivity contribution in [2.24, 2.45) is 0 Å². The Bertz CT molecular complexity index is 293. The van der Waals surface area contributed by atoms with Crippen LogP contribution in [0, 0.1) is 0 Å². The Morgan fingerprint density at radius 2 is 2.56 bits per heavy atom. The summed E-state index contributed by atoms with van der Waals surface area (Å²) >= 11 is 1.47. The largest absolute Gasteiger partial charge is 0.382 e. The molecule has 0 bridgehead atoms. The molecule has 0 unspecified atom stereocenters. The van der Waals surface area contributed by atoms with E-state index in [2.05, 4.69) is 10.1 Å². The minimum atomic E-state index is 0.523. The fraction of sp³-hybridized carbons (Fsp3) is 0. The third kappa shape index (κ3) is 0.580. The summed E-state index contributed by atoms with van der Waals surface area (Å²) in [5.74, 6) is 0.523. The molecule has 2 aromatic heterocycles. The fourth-order valence-corrected chi connectivity index (χ4v) is 1.26. The van der Waals surface area contributed by atoms with Gasteiger partial charge in [0.2, 0.25) is 4.96 Å². The van der Waals surface area contributed by atoms with Crippen molar-refractivity contribution in [2.45, 2.75) is 0 Å². The summed E-state index contributed by atoms with van der Waals surface area (Å²) in [5, 5.41) is 3.93. The van der Waals surface area contributed by atoms with Gasteiger partial charge in [-0.05, 0) is 0 Å². The van der Waals surface area contributed by atoms with Crippen LogP contribution in [-0.2, 0) is 0 Å². The van der Waals surface area contributed by atoms with Gasteiger partial charge in [0.25, 0.3) is 0 Å². The van der Waals surface area contributed by atoms with Crippen LogP contribution < -0.4 is 5.73 Å². The van der Waals surface area contributed by atoms with E-state index >= 15 is 0 Å². The highest BCUT2D eigenvalue weighted by molar-refractivity contribution is 7.14. The molecule has 0 amide bonds. The molecule has 0 spiro atoms. The molecule has 0 saturated heterocycles. The van der Waals surface area contributed by atoms with Crippen molar-refractivity contribution >= 4 is 22.1 Å². The molecular formula is C4H4N4S. The highest BCUT2D eigenvalue weighted by Gasteiger charge is 1.96. The minimum absolute atomic E-state index is 0.523. The monoisotopic (exact) mass is 140 g/mol. The number of hydrogen-bond acceptors (Lipinski definition) is 4. The zero-order valence-corrected chi connectivity index (χ0v) is 5.30. The molecule has 0 radical (unpaired) electrons. The third-order valence-corrected chi connectivity index (χ3v) is 1.69. The van der Waals surface area contributed by atoms with Gasteiger partial charge in [-0.25, -0.2) is 9.50 Å². The second-order valence-electron chi connectivity index (χ2n) is 1.63. The summed E-state index contributed by atoms with van der Waals surface area (Å²) in [4.78, 5) is 4.81. The number of aromatic nitrogens is 3. The van der Waals surface area contributed by atoms with Crippen LogP contribution in [0.2, 0.25) is 0 Å². The lowest BCUT2D eigenvalue weighted by molar-refractivity contribution is 0.974. The molecule has 0 aliphatic heterocycles. The van der Waals surface area contributed by atoms with Gasteiger partial charge < -0.3 is 5.73 Å². The van der Waals surface area contributed by atoms with Crippen LogP contribution in [0.4, 0.5) is 5.82 Å². The van der Waals surface area contributed by atoms with Gasteiger partial charge in [0.1, 0.15) is 11.3 Å². The first-order valence-electron chi connectivity index (χ1n) is 2.40. The first-order valence-corrected chi connectivity index (χ1v) is 3.28. The summed E-state index contributed by atoms with van der Waals surface area (Å²) in [7, 11) is 0. The van der Waals surface area contributed by atoms with Crippen molar-refractivity contribution in [3.05, 3.63) is 11.7 Å². The molecule has 4 nitrogen and oxygen atoms in total. The van der Waals surface area contributed by atoms with Crippen LogP contribution in [0.3, 0.4) is 0 Å². The quantitative estimate of drug-likeness (QED) is 0.575. The van der Waals surface area contributed by atoms with Crippen LogP contribution in [0.15, 0.2) is 11.7 Å². The molecule has 2 N–H and O–H groups in total.